The first-order valence-electron chi connectivity index (χ1n) is 21.2. The van der Waals surface area contributed by atoms with E-state index in [9.17, 15) is 0 Å². The van der Waals surface area contributed by atoms with Crippen molar-refractivity contribution in [3.05, 3.63) is 200 Å². The van der Waals surface area contributed by atoms with Crippen molar-refractivity contribution < 1.29 is 0 Å². The fraction of sp³-hybridized carbons (Fsp3) is 0. The summed E-state index contributed by atoms with van der Waals surface area (Å²) >= 11 is 0. The number of para-hydroxylation sites is 4. The summed E-state index contributed by atoms with van der Waals surface area (Å²) in [5, 5.41) is 18.0. The molecule has 0 aliphatic heterocycles. The van der Waals surface area contributed by atoms with Gasteiger partial charge in [0.15, 0.2) is 0 Å². The zero-order chi connectivity index (χ0) is 39.5. The summed E-state index contributed by atoms with van der Waals surface area (Å²) in [6.07, 6.45) is 0. The fourth-order valence-corrected chi connectivity index (χ4v) is 11.3. The van der Waals surface area contributed by atoms with Gasteiger partial charge in [-0.05, 0) is 116 Å². The molecule has 0 N–H and O–H groups in total. The van der Waals surface area contributed by atoms with Crippen molar-refractivity contribution in [1.29, 1.82) is 0 Å². The molecule has 15 aromatic rings. The lowest BCUT2D eigenvalue weighted by molar-refractivity contribution is 1.19. The molecule has 0 bridgehead atoms. The van der Waals surface area contributed by atoms with E-state index in [1.54, 1.807) is 0 Å². The Labute approximate surface area is 348 Å². The van der Waals surface area contributed by atoms with Crippen LogP contribution < -0.4 is 0 Å². The zero-order valence-corrected chi connectivity index (χ0v) is 32.9. The Bertz CT molecular complexity index is 4200. The van der Waals surface area contributed by atoms with E-state index >= 15 is 0 Å². The van der Waals surface area contributed by atoms with Gasteiger partial charge >= 0.3 is 0 Å². The molecular weight excluding hydrogens is 739 g/mol. The first-order valence-corrected chi connectivity index (χ1v) is 21.2. The van der Waals surface area contributed by atoms with E-state index in [0.717, 1.165) is 0 Å². The van der Waals surface area contributed by atoms with Crippen LogP contribution in [0.3, 0.4) is 0 Å². The van der Waals surface area contributed by atoms with Gasteiger partial charge < -0.3 is 13.5 Å². The van der Waals surface area contributed by atoms with Crippen LogP contribution in [0.15, 0.2) is 200 Å². The van der Waals surface area contributed by atoms with Crippen LogP contribution in [0.25, 0.3) is 137 Å². The van der Waals surface area contributed by atoms with Crippen LogP contribution in [-0.2, 0) is 0 Å². The summed E-state index contributed by atoms with van der Waals surface area (Å²) in [6, 6.07) is 74.8. The van der Waals surface area contributed by atoms with Gasteiger partial charge in [-0.15, -0.1) is 0 Å². The van der Waals surface area contributed by atoms with Crippen molar-refractivity contribution in [3.63, 3.8) is 0 Å². The number of hydrogen-bond donors (Lipinski definition) is 0. The van der Waals surface area contributed by atoms with Gasteiger partial charge in [-0.1, -0.05) is 127 Å². The van der Waals surface area contributed by atoms with Crippen LogP contribution in [0.2, 0.25) is 0 Å². The molecule has 0 amide bonds. The van der Waals surface area contributed by atoms with E-state index in [1.807, 2.05) is 0 Å². The minimum absolute atomic E-state index is 1.18. The van der Waals surface area contributed by atoms with Crippen molar-refractivity contribution >= 4 is 114 Å². The molecule has 0 unspecified atom stereocenters. The molecule has 0 spiro atoms. The third-order valence-electron chi connectivity index (χ3n) is 13.8. The van der Waals surface area contributed by atoms with Crippen molar-refractivity contribution in [1.82, 2.24) is 13.5 Å². The predicted octanol–water partition coefficient (Wildman–Crippen LogP) is 15.6. The zero-order valence-electron chi connectivity index (χ0n) is 32.9. The Morgan fingerprint density at radius 1 is 0.246 bits per heavy atom. The summed E-state index contributed by atoms with van der Waals surface area (Å²) in [5.74, 6) is 0. The van der Waals surface area contributed by atoms with Gasteiger partial charge in [-0.2, -0.15) is 0 Å². The number of nitrogens with zero attached hydrogens (tertiary/aromatic N) is 3. The number of aromatic nitrogens is 3. The SMILES string of the molecule is c1cc2ccc3cc(-n4c5ccccc5c5cc(-c6ccc7c(c6)c6ccccc6n7-c6cc7c8ccccc8n8c9ccccc9c(c6)c78)ccc54)cc4ccc(c1)c2c34. The quantitative estimate of drug-likeness (QED) is 0.159. The Morgan fingerprint density at radius 2 is 0.639 bits per heavy atom. The molecule has 3 heteroatoms. The number of fused-ring (bicyclic) bond motifs is 12. The Hall–Kier alpha value is -8.14. The largest absolute Gasteiger partial charge is 0.309 e. The van der Waals surface area contributed by atoms with Crippen LogP contribution >= 0.6 is 0 Å². The average Bonchev–Trinajstić information content (AvgIpc) is 4.04. The maximum atomic E-state index is 2.48. The minimum Gasteiger partial charge on any atom is -0.309 e. The van der Waals surface area contributed by atoms with Crippen molar-refractivity contribution in [2.75, 3.05) is 0 Å². The van der Waals surface area contributed by atoms with Gasteiger partial charge in [-0.3, -0.25) is 0 Å². The van der Waals surface area contributed by atoms with Gasteiger partial charge in [-0.25, -0.2) is 0 Å². The Morgan fingerprint density at radius 3 is 1.15 bits per heavy atom. The van der Waals surface area contributed by atoms with Gasteiger partial charge in [0.2, 0.25) is 0 Å². The summed E-state index contributed by atoms with van der Waals surface area (Å²) in [6.45, 7) is 0. The maximum Gasteiger partial charge on any atom is 0.0622 e. The van der Waals surface area contributed by atoms with Crippen LogP contribution in [0.5, 0.6) is 0 Å². The molecule has 0 saturated heterocycles. The van der Waals surface area contributed by atoms with Crippen LogP contribution in [0.1, 0.15) is 0 Å². The summed E-state index contributed by atoms with van der Waals surface area (Å²) in [7, 11) is 0. The molecule has 0 saturated carbocycles. The van der Waals surface area contributed by atoms with Gasteiger partial charge in [0.1, 0.15) is 0 Å². The smallest absolute Gasteiger partial charge is 0.0622 e. The van der Waals surface area contributed by atoms with Crippen molar-refractivity contribution in [3.8, 4) is 22.5 Å². The lowest BCUT2D eigenvalue weighted by Gasteiger charge is -2.14. The molecule has 0 fully saturated rings. The van der Waals surface area contributed by atoms with Gasteiger partial charge in [0.05, 0.1) is 38.6 Å². The lowest BCUT2D eigenvalue weighted by Crippen LogP contribution is -1.95. The molecule has 4 heterocycles. The highest BCUT2D eigenvalue weighted by atomic mass is 15.0. The number of rotatable bonds is 3. The topological polar surface area (TPSA) is 14.3 Å². The molecule has 0 aliphatic rings. The van der Waals surface area contributed by atoms with Crippen LogP contribution in [-0.4, -0.2) is 13.5 Å². The lowest BCUT2D eigenvalue weighted by atomic mass is 9.94. The second kappa shape index (κ2) is 11.3. The maximum absolute atomic E-state index is 2.48. The first-order chi connectivity index (χ1) is 30.2. The molecule has 11 aromatic carbocycles. The third-order valence-corrected chi connectivity index (χ3v) is 13.8. The second-order valence-corrected chi connectivity index (χ2v) is 16.9. The number of hydrogen-bond acceptors (Lipinski definition) is 0. The van der Waals surface area contributed by atoms with Gasteiger partial charge in [0, 0.05) is 54.5 Å². The normalized spacial score (nSPS) is 12.6. The molecule has 15 rings (SSSR count). The molecule has 0 aliphatic carbocycles. The highest BCUT2D eigenvalue weighted by Crippen LogP contribution is 2.44. The fourth-order valence-electron chi connectivity index (χ4n) is 11.3. The van der Waals surface area contributed by atoms with Crippen molar-refractivity contribution in [2.45, 2.75) is 0 Å². The predicted molar refractivity (Wildman–Crippen MR) is 259 cm³/mol. The molecule has 0 radical (unpaired) electrons. The molecule has 3 nitrogen and oxygen atoms in total. The highest BCUT2D eigenvalue weighted by Gasteiger charge is 2.21. The average molecular weight is 772 g/mol. The van der Waals surface area contributed by atoms with E-state index in [0.29, 0.717) is 0 Å². The highest BCUT2D eigenvalue weighted by molar-refractivity contribution is 6.25. The standard InChI is InChI=1S/C58H33N3/c1-5-16-50-42(12-1)46-30-36(24-26-54(46)59(50)40-28-38-22-20-34-10-9-11-35-21-23-39(29-40)57(38)56(34)35)37-25-27-55-47(31-37)43-13-2-6-17-51(43)60(55)41-32-48-44-14-3-7-18-52(44)61-53-19-8-4-15-45(53)49(33-41)58(48)61/h1-33H. The van der Waals surface area contributed by atoms with E-state index < -0.39 is 0 Å². The summed E-state index contributed by atoms with van der Waals surface area (Å²) in [5.41, 5.74) is 13.4. The van der Waals surface area contributed by atoms with E-state index in [2.05, 4.69) is 214 Å². The first kappa shape index (κ1) is 31.8. The molecule has 280 valence electrons. The van der Waals surface area contributed by atoms with Crippen molar-refractivity contribution in [2.24, 2.45) is 0 Å². The summed E-state index contributed by atoms with van der Waals surface area (Å²) < 4.78 is 7.39. The second-order valence-electron chi connectivity index (χ2n) is 16.9. The number of benzene rings is 11. The Balaban J connectivity index is 0.926. The van der Waals surface area contributed by atoms with E-state index in [-0.39, 0.29) is 0 Å². The monoisotopic (exact) mass is 771 g/mol. The van der Waals surface area contributed by atoms with Crippen LogP contribution in [0.4, 0.5) is 0 Å². The molecular formula is C58H33N3. The van der Waals surface area contributed by atoms with Crippen LogP contribution in [0, 0.1) is 0 Å². The molecule has 0 atom stereocenters. The van der Waals surface area contributed by atoms with E-state index in [4.69, 9.17) is 0 Å². The van der Waals surface area contributed by atoms with Gasteiger partial charge in [0.25, 0.3) is 0 Å². The van der Waals surface area contributed by atoms with E-state index in [1.165, 1.54) is 137 Å². The Kier molecular flexibility index (Phi) is 5.90. The molecule has 4 aromatic heterocycles. The molecule has 61 heavy (non-hydrogen) atoms. The third kappa shape index (κ3) is 4.08. The minimum atomic E-state index is 1.18. The summed E-state index contributed by atoms with van der Waals surface area (Å²) in [4.78, 5) is 0.